The zero-order chi connectivity index (χ0) is 35.7. The van der Waals surface area contributed by atoms with Gasteiger partial charge in [-0.25, -0.2) is 26.3 Å². The molecule has 1 aliphatic rings. The van der Waals surface area contributed by atoms with E-state index in [1.807, 2.05) is 0 Å². The maximum atomic E-state index is 15.2. The van der Waals surface area contributed by atoms with Crippen molar-refractivity contribution >= 4 is 0 Å². The minimum atomic E-state index is -5.37. The molecule has 0 N–H and O–H groups in total. The predicted molar refractivity (Wildman–Crippen MR) is 162 cm³/mol. The number of alkyl halides is 5. The van der Waals surface area contributed by atoms with Gasteiger partial charge in [0.05, 0.1) is 0 Å². The van der Waals surface area contributed by atoms with Crippen LogP contribution in [0.5, 0.6) is 5.75 Å². The maximum Gasteiger partial charge on any atom is 0.432 e. The van der Waals surface area contributed by atoms with Crippen LogP contribution in [-0.4, -0.2) is 0 Å². The first-order valence-electron chi connectivity index (χ1n) is 15.8. The van der Waals surface area contributed by atoms with Crippen molar-refractivity contribution in [3.05, 3.63) is 112 Å². The van der Waals surface area contributed by atoms with Gasteiger partial charge in [0.2, 0.25) is 0 Å². The van der Waals surface area contributed by atoms with Crippen molar-refractivity contribution in [1.29, 1.82) is 0 Å². The third-order valence-corrected chi connectivity index (χ3v) is 8.99. The molecule has 0 bridgehead atoms. The summed E-state index contributed by atoms with van der Waals surface area (Å²) in [6.07, 6.45) is -1.56. The Morgan fingerprint density at radius 3 is 1.59 bits per heavy atom. The molecule has 0 heterocycles. The Labute approximate surface area is 275 Å². The topological polar surface area (TPSA) is 9.23 Å². The standard InChI is InChI=1S/C37H31F11O/c1-2-3-4-5-20-6-8-21(9-7-20)22-10-12-26(28(38)14-22)24-17-32(42)35(33(43)18-24)37(47,48)49-25-11-13-27(29(39)19-25)23-15-30(40)34(31(41)16-23)36(44,45)46/h10-21H,2-9H2,1H3. The molecule has 1 nitrogen and oxygen atoms in total. The Morgan fingerprint density at radius 2 is 1.10 bits per heavy atom. The van der Waals surface area contributed by atoms with E-state index in [2.05, 4.69) is 11.7 Å². The number of benzene rings is 4. The average molecular weight is 701 g/mol. The second-order valence-electron chi connectivity index (χ2n) is 12.3. The van der Waals surface area contributed by atoms with Gasteiger partial charge in [-0.2, -0.15) is 22.0 Å². The quantitative estimate of drug-likeness (QED) is 0.118. The Morgan fingerprint density at radius 1 is 0.592 bits per heavy atom. The normalized spacial score (nSPS) is 17.0. The van der Waals surface area contributed by atoms with Gasteiger partial charge >= 0.3 is 12.3 Å². The highest BCUT2D eigenvalue weighted by Crippen LogP contribution is 2.42. The molecular weight excluding hydrogens is 669 g/mol. The second-order valence-corrected chi connectivity index (χ2v) is 12.3. The van der Waals surface area contributed by atoms with E-state index in [0.717, 1.165) is 37.7 Å². The molecular formula is C37H31F11O. The summed E-state index contributed by atoms with van der Waals surface area (Å²) in [5.41, 5.74) is -5.21. The molecule has 0 aliphatic heterocycles. The van der Waals surface area contributed by atoms with E-state index in [1.54, 1.807) is 6.07 Å². The van der Waals surface area contributed by atoms with Gasteiger partial charge in [-0.05, 0) is 96.7 Å². The summed E-state index contributed by atoms with van der Waals surface area (Å²) in [5.74, 6) is -10.0. The number of unbranched alkanes of at least 4 members (excludes halogenated alkanes) is 2. The summed E-state index contributed by atoms with van der Waals surface area (Å²) in [6, 6.07) is 7.42. The van der Waals surface area contributed by atoms with Crippen LogP contribution >= 0.6 is 0 Å². The minimum absolute atomic E-state index is 0.133. The fourth-order valence-corrected chi connectivity index (χ4v) is 6.49. The summed E-state index contributed by atoms with van der Waals surface area (Å²) in [4.78, 5) is 0. The lowest BCUT2D eigenvalue weighted by Gasteiger charge is -2.29. The van der Waals surface area contributed by atoms with E-state index in [-0.39, 0.29) is 29.2 Å². The number of hydrogen-bond acceptors (Lipinski definition) is 1. The predicted octanol–water partition coefficient (Wildman–Crippen LogP) is 12.9. The Hall–Kier alpha value is -4.09. The molecule has 0 aromatic heterocycles. The minimum Gasteiger partial charge on any atom is -0.429 e. The summed E-state index contributed by atoms with van der Waals surface area (Å²) in [5, 5.41) is 0. The first-order chi connectivity index (χ1) is 23.1. The van der Waals surface area contributed by atoms with E-state index in [0.29, 0.717) is 36.2 Å². The van der Waals surface area contributed by atoms with E-state index >= 15 is 22.0 Å². The average Bonchev–Trinajstić information content (AvgIpc) is 2.99. The molecule has 1 aliphatic carbocycles. The molecule has 262 valence electrons. The lowest BCUT2D eigenvalue weighted by Crippen LogP contribution is -2.25. The van der Waals surface area contributed by atoms with Gasteiger partial charge in [0.15, 0.2) is 0 Å². The highest BCUT2D eigenvalue weighted by Gasteiger charge is 2.42. The van der Waals surface area contributed by atoms with Crippen LogP contribution in [0.4, 0.5) is 48.3 Å². The third kappa shape index (κ3) is 8.05. The molecule has 1 saturated carbocycles. The van der Waals surface area contributed by atoms with Crippen molar-refractivity contribution in [1.82, 2.24) is 0 Å². The Kier molecular flexibility index (Phi) is 10.6. The van der Waals surface area contributed by atoms with Gasteiger partial charge in [-0.1, -0.05) is 44.7 Å². The molecule has 0 amide bonds. The molecule has 4 aromatic rings. The van der Waals surface area contributed by atoms with Crippen LogP contribution in [0.25, 0.3) is 22.3 Å². The molecule has 1 fully saturated rings. The number of rotatable bonds is 10. The molecule has 0 radical (unpaired) electrons. The van der Waals surface area contributed by atoms with E-state index in [4.69, 9.17) is 0 Å². The molecule has 0 spiro atoms. The molecule has 0 unspecified atom stereocenters. The fraction of sp³-hybridized carbons (Fsp3) is 0.351. The van der Waals surface area contributed by atoms with Gasteiger partial charge in [0.1, 0.15) is 51.8 Å². The van der Waals surface area contributed by atoms with Gasteiger partial charge in [-0.3, -0.25) is 0 Å². The Balaban J connectivity index is 1.32. The SMILES string of the molecule is CCCCCC1CCC(c2ccc(-c3cc(F)c(C(F)(F)Oc4ccc(-c5cc(F)c(C(F)(F)F)c(F)c5)c(F)c4)c(F)c3)c(F)c2)CC1. The van der Waals surface area contributed by atoms with Crippen LogP contribution in [0.1, 0.15) is 80.9 Å². The Bertz CT molecular complexity index is 1760. The summed E-state index contributed by atoms with van der Waals surface area (Å²) < 4.78 is 161. The number of halogens is 11. The summed E-state index contributed by atoms with van der Waals surface area (Å²) in [7, 11) is 0. The van der Waals surface area contributed by atoms with Gasteiger partial charge in [0, 0.05) is 17.2 Å². The summed E-state index contributed by atoms with van der Waals surface area (Å²) >= 11 is 0. The largest absolute Gasteiger partial charge is 0.432 e. The monoisotopic (exact) mass is 700 g/mol. The van der Waals surface area contributed by atoms with Crippen LogP contribution in [0.2, 0.25) is 0 Å². The van der Waals surface area contributed by atoms with Crippen LogP contribution in [0.15, 0.2) is 60.7 Å². The van der Waals surface area contributed by atoms with E-state index in [9.17, 15) is 26.3 Å². The van der Waals surface area contributed by atoms with Gasteiger partial charge in [0.25, 0.3) is 0 Å². The van der Waals surface area contributed by atoms with Crippen molar-refractivity contribution in [3.8, 4) is 28.0 Å². The van der Waals surface area contributed by atoms with Crippen molar-refractivity contribution in [3.63, 3.8) is 0 Å². The molecule has 0 saturated heterocycles. The van der Waals surface area contributed by atoms with Crippen molar-refractivity contribution < 1.29 is 53.0 Å². The molecule has 12 heteroatoms. The highest BCUT2D eigenvalue weighted by molar-refractivity contribution is 5.67. The lowest BCUT2D eigenvalue weighted by molar-refractivity contribution is -0.189. The third-order valence-electron chi connectivity index (χ3n) is 8.99. The van der Waals surface area contributed by atoms with Gasteiger partial charge in [-0.15, -0.1) is 0 Å². The fourth-order valence-electron chi connectivity index (χ4n) is 6.49. The van der Waals surface area contributed by atoms with Crippen LogP contribution in [0.3, 0.4) is 0 Å². The second kappa shape index (κ2) is 14.4. The van der Waals surface area contributed by atoms with Crippen LogP contribution < -0.4 is 4.74 Å². The molecule has 0 atom stereocenters. The molecule has 4 aromatic carbocycles. The van der Waals surface area contributed by atoms with Gasteiger partial charge < -0.3 is 4.74 Å². The van der Waals surface area contributed by atoms with E-state index < -0.39 is 75.2 Å². The first-order valence-corrected chi connectivity index (χ1v) is 15.8. The lowest BCUT2D eigenvalue weighted by atomic mass is 9.77. The smallest absolute Gasteiger partial charge is 0.429 e. The number of hydrogen-bond donors (Lipinski definition) is 0. The molecule has 49 heavy (non-hydrogen) atoms. The van der Waals surface area contributed by atoms with Crippen LogP contribution in [-0.2, 0) is 12.3 Å². The van der Waals surface area contributed by atoms with Crippen molar-refractivity contribution in [2.45, 2.75) is 76.5 Å². The maximum absolute atomic E-state index is 15.2. The number of ether oxygens (including phenoxy) is 1. The summed E-state index contributed by atoms with van der Waals surface area (Å²) in [6.45, 7) is 2.15. The zero-order valence-electron chi connectivity index (χ0n) is 26.2. The zero-order valence-corrected chi connectivity index (χ0v) is 26.2. The van der Waals surface area contributed by atoms with E-state index in [1.165, 1.54) is 31.4 Å². The molecule has 5 rings (SSSR count). The van der Waals surface area contributed by atoms with Crippen LogP contribution in [0, 0.1) is 40.8 Å². The van der Waals surface area contributed by atoms with Crippen molar-refractivity contribution in [2.75, 3.05) is 0 Å². The highest BCUT2D eigenvalue weighted by atomic mass is 19.4. The first kappa shape index (κ1) is 36.2. The van der Waals surface area contributed by atoms with Crippen molar-refractivity contribution in [2.24, 2.45) is 5.92 Å².